The van der Waals surface area contributed by atoms with Gasteiger partial charge in [0, 0.05) is 12.1 Å². The second-order valence-electron chi connectivity index (χ2n) is 6.66. The SMILES string of the molecule is CCC(NC(C)c1ccc(C)cc1C)C1CCCCC1. The standard InChI is InChI=1S/C19H31N/c1-5-19(17-9-7-6-8-10-17)20-16(4)18-12-11-14(2)13-15(18)3/h11-13,16-17,19-20H,5-10H2,1-4H3. The van der Waals surface area contributed by atoms with Gasteiger partial charge >= 0.3 is 0 Å². The molecule has 1 heteroatoms. The van der Waals surface area contributed by atoms with Crippen LogP contribution in [0.3, 0.4) is 0 Å². The minimum absolute atomic E-state index is 0.461. The highest BCUT2D eigenvalue weighted by Crippen LogP contribution is 2.29. The normalized spacial score (nSPS) is 19.8. The Bertz CT molecular complexity index is 418. The molecular formula is C19H31N. The molecule has 1 aliphatic carbocycles. The molecule has 0 aliphatic heterocycles. The van der Waals surface area contributed by atoms with Gasteiger partial charge in [-0.05, 0) is 57.1 Å². The lowest BCUT2D eigenvalue weighted by molar-refractivity contribution is 0.249. The van der Waals surface area contributed by atoms with E-state index < -0.39 is 0 Å². The van der Waals surface area contributed by atoms with E-state index in [0.29, 0.717) is 12.1 Å². The summed E-state index contributed by atoms with van der Waals surface area (Å²) in [5.41, 5.74) is 4.24. The van der Waals surface area contributed by atoms with Gasteiger partial charge in [0.25, 0.3) is 0 Å². The molecule has 1 aliphatic rings. The molecule has 2 atom stereocenters. The van der Waals surface area contributed by atoms with Gasteiger partial charge in [-0.1, -0.05) is 49.9 Å². The van der Waals surface area contributed by atoms with Gasteiger partial charge in [-0.2, -0.15) is 0 Å². The number of hydrogen-bond donors (Lipinski definition) is 1. The summed E-state index contributed by atoms with van der Waals surface area (Å²) in [7, 11) is 0. The van der Waals surface area contributed by atoms with Gasteiger partial charge in [-0.25, -0.2) is 0 Å². The third-order valence-corrected chi connectivity index (χ3v) is 5.01. The van der Waals surface area contributed by atoms with Crippen molar-refractivity contribution in [3.05, 3.63) is 34.9 Å². The third-order valence-electron chi connectivity index (χ3n) is 5.01. The predicted octanol–water partition coefficient (Wildman–Crippen LogP) is 5.31. The van der Waals surface area contributed by atoms with E-state index in [2.05, 4.69) is 51.2 Å². The summed E-state index contributed by atoms with van der Waals surface area (Å²) in [6.07, 6.45) is 8.40. The van der Waals surface area contributed by atoms with Crippen LogP contribution in [0.1, 0.15) is 75.1 Å². The fourth-order valence-electron chi connectivity index (χ4n) is 3.85. The third kappa shape index (κ3) is 3.85. The van der Waals surface area contributed by atoms with E-state index in [1.54, 1.807) is 0 Å². The van der Waals surface area contributed by atoms with Gasteiger partial charge in [0.15, 0.2) is 0 Å². The quantitative estimate of drug-likeness (QED) is 0.766. The van der Waals surface area contributed by atoms with Crippen LogP contribution in [-0.2, 0) is 0 Å². The van der Waals surface area contributed by atoms with Gasteiger partial charge in [-0.3, -0.25) is 0 Å². The van der Waals surface area contributed by atoms with Crippen molar-refractivity contribution in [2.45, 2.75) is 78.3 Å². The van der Waals surface area contributed by atoms with Crippen molar-refractivity contribution < 1.29 is 0 Å². The summed E-state index contributed by atoms with van der Waals surface area (Å²) in [5.74, 6) is 0.891. The molecule has 1 nitrogen and oxygen atoms in total. The Hall–Kier alpha value is -0.820. The fraction of sp³-hybridized carbons (Fsp3) is 0.684. The number of rotatable bonds is 5. The Balaban J connectivity index is 2.02. The van der Waals surface area contributed by atoms with Crippen LogP contribution in [0.4, 0.5) is 0 Å². The summed E-state index contributed by atoms with van der Waals surface area (Å²) in [5, 5.41) is 3.91. The average Bonchev–Trinajstić information content (AvgIpc) is 2.45. The number of aryl methyl sites for hydroxylation is 2. The first-order valence-corrected chi connectivity index (χ1v) is 8.45. The molecule has 0 aromatic heterocycles. The molecule has 1 saturated carbocycles. The van der Waals surface area contributed by atoms with Gasteiger partial charge in [0.05, 0.1) is 0 Å². The summed E-state index contributed by atoms with van der Waals surface area (Å²) < 4.78 is 0. The molecule has 1 fully saturated rings. The topological polar surface area (TPSA) is 12.0 Å². The first-order chi connectivity index (χ1) is 9.61. The summed E-state index contributed by atoms with van der Waals surface area (Å²) in [6, 6.07) is 7.99. The van der Waals surface area contributed by atoms with E-state index in [1.165, 1.54) is 55.2 Å². The lowest BCUT2D eigenvalue weighted by atomic mass is 9.82. The lowest BCUT2D eigenvalue weighted by Gasteiger charge is -2.33. The lowest BCUT2D eigenvalue weighted by Crippen LogP contribution is -2.38. The molecule has 0 amide bonds. The Morgan fingerprint density at radius 1 is 1.15 bits per heavy atom. The Kier molecular flexibility index (Phi) is 5.65. The smallest absolute Gasteiger partial charge is 0.0297 e. The van der Waals surface area contributed by atoms with E-state index in [1.807, 2.05) is 0 Å². The Morgan fingerprint density at radius 2 is 1.85 bits per heavy atom. The highest BCUT2D eigenvalue weighted by atomic mass is 15.0. The number of nitrogens with one attached hydrogen (secondary N) is 1. The molecule has 112 valence electrons. The Morgan fingerprint density at radius 3 is 2.45 bits per heavy atom. The molecule has 2 rings (SSSR count). The van der Waals surface area contributed by atoms with Crippen LogP contribution >= 0.6 is 0 Å². The van der Waals surface area contributed by atoms with Crippen LogP contribution in [-0.4, -0.2) is 6.04 Å². The highest BCUT2D eigenvalue weighted by Gasteiger charge is 2.24. The monoisotopic (exact) mass is 273 g/mol. The van der Waals surface area contributed by atoms with Crippen molar-refractivity contribution in [1.82, 2.24) is 5.32 Å². The van der Waals surface area contributed by atoms with Crippen LogP contribution in [0, 0.1) is 19.8 Å². The molecule has 0 radical (unpaired) electrons. The molecule has 20 heavy (non-hydrogen) atoms. The van der Waals surface area contributed by atoms with Crippen molar-refractivity contribution >= 4 is 0 Å². The predicted molar refractivity (Wildman–Crippen MR) is 88.1 cm³/mol. The van der Waals surface area contributed by atoms with Crippen molar-refractivity contribution in [3.8, 4) is 0 Å². The van der Waals surface area contributed by atoms with Crippen LogP contribution in [0.5, 0.6) is 0 Å². The molecule has 1 aromatic rings. The minimum atomic E-state index is 0.461. The minimum Gasteiger partial charge on any atom is -0.307 e. The zero-order valence-corrected chi connectivity index (χ0v) is 13.7. The maximum Gasteiger partial charge on any atom is 0.0297 e. The van der Waals surface area contributed by atoms with E-state index in [4.69, 9.17) is 0 Å². The Labute approximate surface area is 125 Å². The zero-order valence-electron chi connectivity index (χ0n) is 13.7. The molecule has 0 spiro atoms. The van der Waals surface area contributed by atoms with Crippen LogP contribution < -0.4 is 5.32 Å². The van der Waals surface area contributed by atoms with E-state index in [0.717, 1.165) is 5.92 Å². The molecular weight excluding hydrogens is 242 g/mol. The molecule has 1 aromatic carbocycles. The maximum absolute atomic E-state index is 3.91. The second-order valence-corrected chi connectivity index (χ2v) is 6.66. The van der Waals surface area contributed by atoms with Gasteiger partial charge < -0.3 is 5.32 Å². The highest BCUT2D eigenvalue weighted by molar-refractivity contribution is 5.32. The maximum atomic E-state index is 3.91. The van der Waals surface area contributed by atoms with E-state index in [9.17, 15) is 0 Å². The summed E-state index contributed by atoms with van der Waals surface area (Å²) in [4.78, 5) is 0. The van der Waals surface area contributed by atoms with Crippen molar-refractivity contribution in [2.24, 2.45) is 5.92 Å². The summed E-state index contributed by atoms with van der Waals surface area (Å²) in [6.45, 7) is 9.07. The van der Waals surface area contributed by atoms with Crippen LogP contribution in [0.25, 0.3) is 0 Å². The average molecular weight is 273 g/mol. The van der Waals surface area contributed by atoms with Gasteiger partial charge in [0.2, 0.25) is 0 Å². The van der Waals surface area contributed by atoms with Crippen LogP contribution in [0.2, 0.25) is 0 Å². The zero-order chi connectivity index (χ0) is 14.5. The van der Waals surface area contributed by atoms with Crippen LogP contribution in [0.15, 0.2) is 18.2 Å². The van der Waals surface area contributed by atoms with Gasteiger partial charge in [0.1, 0.15) is 0 Å². The second kappa shape index (κ2) is 7.26. The molecule has 1 N–H and O–H groups in total. The summed E-state index contributed by atoms with van der Waals surface area (Å²) >= 11 is 0. The first-order valence-electron chi connectivity index (χ1n) is 8.45. The fourth-order valence-corrected chi connectivity index (χ4v) is 3.85. The first kappa shape index (κ1) is 15.6. The van der Waals surface area contributed by atoms with E-state index >= 15 is 0 Å². The number of hydrogen-bond acceptors (Lipinski definition) is 1. The van der Waals surface area contributed by atoms with E-state index in [-0.39, 0.29) is 0 Å². The van der Waals surface area contributed by atoms with Crippen molar-refractivity contribution in [2.75, 3.05) is 0 Å². The van der Waals surface area contributed by atoms with Crippen molar-refractivity contribution in [3.63, 3.8) is 0 Å². The number of benzene rings is 1. The largest absolute Gasteiger partial charge is 0.307 e. The molecule has 0 heterocycles. The molecule has 0 bridgehead atoms. The van der Waals surface area contributed by atoms with Gasteiger partial charge in [-0.15, -0.1) is 0 Å². The molecule has 2 unspecified atom stereocenters. The molecule has 0 saturated heterocycles. The van der Waals surface area contributed by atoms with Crippen molar-refractivity contribution in [1.29, 1.82) is 0 Å².